The second-order valence-electron chi connectivity index (χ2n) is 24.0. The second-order valence-corrected chi connectivity index (χ2v) is 28.0. The van der Waals surface area contributed by atoms with Crippen molar-refractivity contribution in [2.45, 2.75) is 211 Å². The topological polar surface area (TPSA) is 340 Å². The molecule has 7 N–H and O–H groups in total. The summed E-state index contributed by atoms with van der Waals surface area (Å²) >= 11 is 0. The number of methoxy groups -OCH3 is 3. The quantitative estimate of drug-likeness (QED) is 0.0291. The largest absolute Gasteiger partial charge is 0.460 e. The number of rotatable bonds is 15. The molecule has 2 amide bonds. The highest BCUT2D eigenvalue weighted by molar-refractivity contribution is 7.72. The number of esters is 1. The minimum Gasteiger partial charge on any atom is -0.460 e. The molecule has 0 spiro atoms. The molecular formula is C59H96N2O21P2. The van der Waals surface area contributed by atoms with Gasteiger partial charge in [0.2, 0.25) is 5.79 Å². The number of carbonyl (C=O) groups is 6. The van der Waals surface area contributed by atoms with Crippen LogP contribution in [-0.4, -0.2) is 181 Å². The Labute approximate surface area is 495 Å². The van der Waals surface area contributed by atoms with Crippen LogP contribution in [0.1, 0.15) is 151 Å². The average Bonchev–Trinajstić information content (AvgIpc) is 3.02. The number of piperidine rings is 1. The number of Topliss-reactive ketones (excluding diaryl/α,β-unsaturated/α-hetero) is 3. The number of hydrogen-bond acceptors (Lipinski definition) is 17. The maximum atomic E-state index is 14.6. The molecule has 15 atom stereocenters. The Bertz CT molecular complexity index is 2450. The van der Waals surface area contributed by atoms with Crippen molar-refractivity contribution in [2.24, 2.45) is 35.5 Å². The van der Waals surface area contributed by atoms with Crippen molar-refractivity contribution in [3.8, 4) is 0 Å². The lowest BCUT2D eigenvalue weighted by molar-refractivity contribution is -0.265. The van der Waals surface area contributed by atoms with Crippen LogP contribution in [-0.2, 0) is 61.5 Å². The summed E-state index contributed by atoms with van der Waals surface area (Å²) in [6.07, 6.45) is 7.69. The van der Waals surface area contributed by atoms with Crippen LogP contribution in [0.4, 0.5) is 4.79 Å². The van der Waals surface area contributed by atoms with Crippen molar-refractivity contribution in [3.05, 3.63) is 47.6 Å². The molecule has 478 valence electrons. The molecule has 23 nitrogen and oxygen atoms in total. The summed E-state index contributed by atoms with van der Waals surface area (Å²) in [6, 6.07) is -1.24. The molecule has 0 aromatic carbocycles. The van der Waals surface area contributed by atoms with Crippen molar-refractivity contribution >= 4 is 50.5 Å². The highest BCUT2D eigenvalue weighted by atomic mass is 31.2. The molecule has 84 heavy (non-hydrogen) atoms. The molecule has 4 aliphatic rings. The van der Waals surface area contributed by atoms with E-state index in [2.05, 4.69) is 0 Å². The van der Waals surface area contributed by atoms with Crippen LogP contribution in [0.25, 0.3) is 0 Å². The Morgan fingerprint density at radius 3 is 2.15 bits per heavy atom. The van der Waals surface area contributed by atoms with Gasteiger partial charge in [-0.3, -0.25) is 28.3 Å². The highest BCUT2D eigenvalue weighted by Crippen LogP contribution is 2.69. The van der Waals surface area contributed by atoms with Gasteiger partial charge in [-0.05, 0) is 126 Å². The predicted molar refractivity (Wildman–Crippen MR) is 310 cm³/mol. The first kappa shape index (κ1) is 72.7. The number of carbonyl (C=O) groups excluding carboxylic acids is 6. The van der Waals surface area contributed by atoms with Crippen molar-refractivity contribution in [1.82, 2.24) is 9.80 Å². The third-order valence-electron chi connectivity index (χ3n) is 17.5. The summed E-state index contributed by atoms with van der Waals surface area (Å²) in [4.78, 5) is 125. The van der Waals surface area contributed by atoms with Gasteiger partial charge in [0.15, 0.2) is 5.78 Å². The van der Waals surface area contributed by atoms with E-state index in [-0.39, 0.29) is 75.0 Å². The zero-order valence-electron chi connectivity index (χ0n) is 50.9. The van der Waals surface area contributed by atoms with Gasteiger partial charge in [-0.15, -0.1) is 0 Å². The summed E-state index contributed by atoms with van der Waals surface area (Å²) in [5.41, 5.74) is 1.16. The standard InChI is InChI=1S/C59H96N2O21P2/c1-36-20-14-12-15-21-37(2)48(77-9)34-44-25-23-42(7)59(70,82-44)54(65)55(66)61-29-19-16-22-45(61)56(67)80-49(35-46(62)38(3)31-41(6)52(64)53(79-11)51(63)40(5)30-36)39(4)32-43-24-26-47(50(33-43)78-10)81-57(68)60(8)28-18-13-17-27-58(69,83(71,72)73)84(74,75)76/h12,14-15,20-21,31,36,38-40,42-45,47-50,52-53,64,69-70H,13,16-19,22-30,32-35H2,1-11H3,(H2,71,72,73)(H2,74,75,76)/b15-12+,20-14+,37-21+,41-31+/t36-,38-,39-,40-,42-,43-,44+,45+,47-,48+,49+,50-,52-,53+,59-/m1/s1. The van der Waals surface area contributed by atoms with Crippen molar-refractivity contribution in [1.29, 1.82) is 0 Å². The molecule has 0 aromatic heterocycles. The monoisotopic (exact) mass is 1230 g/mol. The van der Waals surface area contributed by atoms with E-state index in [0.717, 1.165) is 10.5 Å². The van der Waals surface area contributed by atoms with Gasteiger partial charge in [0.1, 0.15) is 36.2 Å². The summed E-state index contributed by atoms with van der Waals surface area (Å²) in [6.45, 7) is 12.5. The number of aliphatic hydroxyl groups excluding tert-OH is 1. The van der Waals surface area contributed by atoms with E-state index in [1.54, 1.807) is 40.9 Å². The van der Waals surface area contributed by atoms with Gasteiger partial charge < -0.3 is 73.1 Å². The number of allylic oxidation sites excluding steroid dienone is 6. The zero-order valence-corrected chi connectivity index (χ0v) is 52.7. The molecule has 4 rings (SSSR count). The lowest BCUT2D eigenvalue weighted by Gasteiger charge is -2.42. The van der Waals surface area contributed by atoms with E-state index in [1.165, 1.54) is 26.2 Å². The summed E-state index contributed by atoms with van der Waals surface area (Å²) in [5.74, 6) is -9.04. The zero-order chi connectivity index (χ0) is 63.1. The lowest BCUT2D eigenvalue weighted by Crippen LogP contribution is -2.61. The molecule has 3 aliphatic heterocycles. The number of cyclic esters (lactones) is 1. The minimum atomic E-state index is -5.60. The molecule has 2 saturated heterocycles. The van der Waals surface area contributed by atoms with E-state index in [9.17, 15) is 72.8 Å². The smallest absolute Gasteiger partial charge is 0.409 e. The van der Waals surface area contributed by atoms with Gasteiger partial charge in [-0.25, -0.2) is 9.59 Å². The van der Waals surface area contributed by atoms with Gasteiger partial charge in [-0.1, -0.05) is 77.5 Å². The third kappa shape index (κ3) is 19.3. The maximum Gasteiger partial charge on any atom is 0.409 e. The Balaban J connectivity index is 1.59. The molecule has 3 heterocycles. The van der Waals surface area contributed by atoms with Gasteiger partial charge in [0.25, 0.3) is 16.8 Å². The van der Waals surface area contributed by atoms with E-state index in [1.807, 2.05) is 51.2 Å². The first-order valence-electron chi connectivity index (χ1n) is 29.5. The van der Waals surface area contributed by atoms with Crippen LogP contribution < -0.4 is 0 Å². The summed E-state index contributed by atoms with van der Waals surface area (Å²) in [5, 5.41) is 30.3. The first-order chi connectivity index (χ1) is 39.2. The molecule has 1 saturated carbocycles. The Morgan fingerprint density at radius 2 is 1.52 bits per heavy atom. The first-order valence-corrected chi connectivity index (χ1v) is 32.7. The number of unbranched alkanes of at least 4 members (excludes halogenated alkanes) is 2. The van der Waals surface area contributed by atoms with Crippen LogP contribution in [0.2, 0.25) is 0 Å². The van der Waals surface area contributed by atoms with Gasteiger partial charge in [0, 0.05) is 72.1 Å². The second kappa shape index (κ2) is 32.4. The molecule has 0 unspecified atom stereocenters. The molecule has 2 bridgehead atoms. The number of ketones is 3. The van der Waals surface area contributed by atoms with Crippen LogP contribution >= 0.6 is 15.2 Å². The van der Waals surface area contributed by atoms with Crippen molar-refractivity contribution in [3.63, 3.8) is 0 Å². The lowest BCUT2D eigenvalue weighted by atomic mass is 9.78. The van der Waals surface area contributed by atoms with Crippen LogP contribution in [0.15, 0.2) is 47.6 Å². The molecular weight excluding hydrogens is 1130 g/mol. The van der Waals surface area contributed by atoms with Gasteiger partial charge >= 0.3 is 27.3 Å². The third-order valence-corrected chi connectivity index (χ3v) is 21.3. The van der Waals surface area contributed by atoms with Gasteiger partial charge in [-0.2, -0.15) is 0 Å². The number of amides is 2. The fourth-order valence-electron chi connectivity index (χ4n) is 11.9. The van der Waals surface area contributed by atoms with Crippen molar-refractivity contribution in [2.75, 3.05) is 41.5 Å². The fourth-order valence-corrected chi connectivity index (χ4v) is 14.2. The molecule has 0 aromatic rings. The highest BCUT2D eigenvalue weighted by Gasteiger charge is 2.59. The minimum absolute atomic E-state index is 0.0127. The van der Waals surface area contributed by atoms with Gasteiger partial charge in [0.05, 0.1) is 18.3 Å². The Kier molecular flexibility index (Phi) is 28.1. The van der Waals surface area contributed by atoms with E-state index < -0.39 is 129 Å². The number of aliphatic hydroxyl groups is 3. The Morgan fingerprint density at radius 1 is 0.845 bits per heavy atom. The van der Waals surface area contributed by atoms with Crippen LogP contribution in [0, 0.1) is 35.5 Å². The number of ether oxygens (including phenoxy) is 6. The number of hydrogen-bond donors (Lipinski definition) is 7. The fraction of sp³-hybridized carbons (Fsp3) is 0.763. The average molecular weight is 1230 g/mol. The van der Waals surface area contributed by atoms with Crippen LogP contribution in [0.5, 0.6) is 0 Å². The SMILES string of the molecule is CO[C@H]1C[C@@H]2CC[C@@H](C)[C@@](O)(O2)C(=O)C(=O)N2CCCC[C@H]2C(=O)O[C@H]([C@H](C)C[C@H]2CC[C@@H](OC(=O)N(C)CCCCCC(O)(P(=O)(O)O)P(=O)(O)O)[C@H](OC)C2)CC(=O)[C@H](C)/C=C(\C)[C@@H](O)[C@@H](OC)C(=O)[C@H](C)C[C@H](C)/C=C/C=C/C=C/1C. The molecule has 0 radical (unpaired) electrons. The number of fused-ring (bicyclic) bond motifs is 3. The molecule has 1 aliphatic carbocycles. The molecule has 3 fully saturated rings. The normalized spacial score (nSPS) is 34.5. The number of nitrogens with zero attached hydrogens (tertiary/aromatic N) is 2. The predicted octanol–water partition coefficient (Wildman–Crippen LogP) is 6.82. The summed E-state index contributed by atoms with van der Waals surface area (Å²) in [7, 11) is -5.34. The van der Waals surface area contributed by atoms with E-state index >= 15 is 0 Å². The van der Waals surface area contributed by atoms with Crippen LogP contribution in [0.3, 0.4) is 0 Å². The van der Waals surface area contributed by atoms with E-state index in [4.69, 9.17) is 28.4 Å². The Hall–Kier alpha value is -3.80. The molecule has 25 heteroatoms. The maximum absolute atomic E-state index is 14.6. The van der Waals surface area contributed by atoms with E-state index in [0.29, 0.717) is 63.4 Å². The summed E-state index contributed by atoms with van der Waals surface area (Å²) < 4.78 is 59.1. The van der Waals surface area contributed by atoms with Crippen molar-refractivity contribution < 1.29 is 101 Å².